The molecule has 4 heteroatoms. The molecule has 0 unspecified atom stereocenters. The van der Waals surface area contributed by atoms with Crippen molar-refractivity contribution in [1.29, 1.82) is 0 Å². The summed E-state index contributed by atoms with van der Waals surface area (Å²) in [6.07, 6.45) is 3.08. The van der Waals surface area contributed by atoms with Crippen LogP contribution in [0.5, 0.6) is 0 Å². The van der Waals surface area contributed by atoms with E-state index in [2.05, 4.69) is 20.7 Å². The van der Waals surface area contributed by atoms with Crippen LogP contribution in [0, 0.1) is 5.82 Å². The molecule has 0 aliphatic rings. The Kier molecular flexibility index (Phi) is 4.32. The van der Waals surface area contributed by atoms with Gasteiger partial charge in [-0.3, -0.25) is 0 Å². The molecule has 0 heterocycles. The molecule has 0 aliphatic heterocycles. The van der Waals surface area contributed by atoms with Gasteiger partial charge in [0.2, 0.25) is 0 Å². The largest absolute Gasteiger partial charge is 0.453 e. The Hall–Kier alpha value is -1.16. The van der Waals surface area contributed by atoms with Crippen molar-refractivity contribution < 1.29 is 13.9 Å². The highest BCUT2D eigenvalue weighted by Gasteiger charge is 1.97. The van der Waals surface area contributed by atoms with E-state index in [1.165, 1.54) is 18.6 Å². The predicted molar refractivity (Wildman–Crippen MR) is 54.8 cm³/mol. The van der Waals surface area contributed by atoms with Crippen molar-refractivity contribution in [3.05, 3.63) is 40.1 Å². The van der Waals surface area contributed by atoms with Gasteiger partial charge >= 0.3 is 6.47 Å². The number of carbonyl (C=O) groups excluding carboxylic acids is 1. The highest BCUT2D eigenvalue weighted by Crippen LogP contribution is 2.16. The van der Waals surface area contributed by atoms with E-state index in [4.69, 9.17) is 0 Å². The molecule has 1 aromatic carbocycles. The van der Waals surface area contributed by atoms with Gasteiger partial charge in [0.1, 0.15) is 12.4 Å². The highest BCUT2D eigenvalue weighted by atomic mass is 79.9. The zero-order valence-electron chi connectivity index (χ0n) is 7.17. The Morgan fingerprint density at radius 3 is 3.00 bits per heavy atom. The van der Waals surface area contributed by atoms with Crippen LogP contribution in [0.15, 0.2) is 28.7 Å². The summed E-state index contributed by atoms with van der Waals surface area (Å²) < 4.78 is 18.1. The van der Waals surface area contributed by atoms with Crippen LogP contribution in [0.3, 0.4) is 0 Å². The van der Waals surface area contributed by atoms with Gasteiger partial charge < -0.3 is 4.74 Å². The van der Waals surface area contributed by atoms with E-state index in [0.29, 0.717) is 10.0 Å². The number of hydrogen-bond donors (Lipinski definition) is 0. The molecule has 14 heavy (non-hydrogen) atoms. The zero-order valence-corrected chi connectivity index (χ0v) is 8.75. The first-order chi connectivity index (χ1) is 6.74. The maximum Gasteiger partial charge on any atom is 0.417 e. The smallest absolute Gasteiger partial charge is 0.417 e. The Bertz CT molecular complexity index is 350. The molecular formula is C10H7BrFO2. The van der Waals surface area contributed by atoms with Crippen LogP contribution in [0.25, 0.3) is 6.08 Å². The molecule has 0 N–H and O–H groups in total. The van der Waals surface area contributed by atoms with Crippen LogP contribution < -0.4 is 0 Å². The molecule has 73 valence electrons. The minimum Gasteiger partial charge on any atom is -0.453 e. The fourth-order valence-corrected chi connectivity index (χ4v) is 1.23. The monoisotopic (exact) mass is 257 g/mol. The van der Waals surface area contributed by atoms with Crippen LogP contribution in [0.2, 0.25) is 0 Å². The minimum absolute atomic E-state index is 0.0962. The van der Waals surface area contributed by atoms with E-state index in [-0.39, 0.29) is 12.4 Å². The molecule has 0 aromatic heterocycles. The first-order valence-electron chi connectivity index (χ1n) is 3.84. The van der Waals surface area contributed by atoms with Crippen molar-refractivity contribution in [2.45, 2.75) is 0 Å². The van der Waals surface area contributed by atoms with Crippen molar-refractivity contribution in [2.75, 3.05) is 6.61 Å². The van der Waals surface area contributed by atoms with Gasteiger partial charge in [-0.2, -0.15) is 0 Å². The standard InChI is InChI=1S/C10H7BrFO2/c11-9-4-3-8(10(12)6-9)2-1-5-14-7-13/h1-4,6H,5H2. The maximum absolute atomic E-state index is 13.2. The molecular weight excluding hydrogens is 251 g/mol. The van der Waals surface area contributed by atoms with Crippen molar-refractivity contribution in [3.63, 3.8) is 0 Å². The third-order valence-corrected chi connectivity index (χ3v) is 1.99. The number of hydrogen-bond acceptors (Lipinski definition) is 2. The quantitative estimate of drug-likeness (QED) is 0.776. The van der Waals surface area contributed by atoms with E-state index in [1.54, 1.807) is 18.2 Å². The van der Waals surface area contributed by atoms with E-state index < -0.39 is 0 Å². The number of ether oxygens (including phenoxy) is 1. The van der Waals surface area contributed by atoms with Crippen LogP contribution in [-0.2, 0) is 9.53 Å². The molecule has 1 rings (SSSR count). The third kappa shape index (κ3) is 3.30. The topological polar surface area (TPSA) is 26.3 Å². The molecule has 0 saturated carbocycles. The van der Waals surface area contributed by atoms with Crippen LogP contribution in [-0.4, -0.2) is 13.1 Å². The average molecular weight is 258 g/mol. The second-order valence-electron chi connectivity index (χ2n) is 2.46. The van der Waals surface area contributed by atoms with Gasteiger partial charge in [-0.05, 0) is 18.2 Å². The summed E-state index contributed by atoms with van der Waals surface area (Å²) in [4.78, 5) is 9.67. The minimum atomic E-state index is -0.328. The first kappa shape index (κ1) is 10.9. The second kappa shape index (κ2) is 5.54. The lowest BCUT2D eigenvalue weighted by atomic mass is 10.2. The van der Waals surface area contributed by atoms with Crippen molar-refractivity contribution in [2.24, 2.45) is 0 Å². The summed E-state index contributed by atoms with van der Waals surface area (Å²) in [5.74, 6) is -0.328. The van der Waals surface area contributed by atoms with Gasteiger partial charge in [0.15, 0.2) is 0 Å². The molecule has 0 bridgehead atoms. The van der Waals surface area contributed by atoms with Crippen LogP contribution >= 0.6 is 15.9 Å². The molecule has 0 atom stereocenters. The molecule has 0 saturated heterocycles. The average Bonchev–Trinajstić information content (AvgIpc) is 2.15. The second-order valence-corrected chi connectivity index (χ2v) is 3.38. The van der Waals surface area contributed by atoms with Gasteiger partial charge in [-0.1, -0.05) is 28.1 Å². The molecule has 2 nitrogen and oxygen atoms in total. The summed E-state index contributed by atoms with van der Waals surface area (Å²) in [5.41, 5.74) is 0.447. The van der Waals surface area contributed by atoms with Gasteiger partial charge in [-0.15, -0.1) is 0 Å². The summed E-state index contributed by atoms with van der Waals surface area (Å²) in [6.45, 7) is 1.37. The van der Waals surface area contributed by atoms with Gasteiger partial charge in [-0.25, -0.2) is 9.18 Å². The lowest BCUT2D eigenvalue weighted by Gasteiger charge is -1.96. The lowest BCUT2D eigenvalue weighted by molar-refractivity contribution is 0.314. The molecule has 0 amide bonds. The number of halogens is 2. The fraction of sp³-hybridized carbons (Fsp3) is 0.100. The fourth-order valence-electron chi connectivity index (χ4n) is 0.894. The van der Waals surface area contributed by atoms with Gasteiger partial charge in [0.25, 0.3) is 0 Å². The summed E-state index contributed by atoms with van der Waals surface area (Å²) in [7, 11) is 0. The van der Waals surface area contributed by atoms with Crippen LogP contribution in [0.4, 0.5) is 4.39 Å². The van der Waals surface area contributed by atoms with Crippen molar-refractivity contribution in [3.8, 4) is 0 Å². The van der Waals surface area contributed by atoms with E-state index >= 15 is 0 Å². The maximum atomic E-state index is 13.2. The summed E-state index contributed by atoms with van der Waals surface area (Å²) >= 11 is 3.15. The summed E-state index contributed by atoms with van der Waals surface area (Å²) in [5, 5.41) is 0. The Labute approximate surface area is 89.5 Å². The molecule has 1 radical (unpaired) electrons. The first-order valence-corrected chi connectivity index (χ1v) is 4.64. The molecule has 0 fully saturated rings. The lowest BCUT2D eigenvalue weighted by Crippen LogP contribution is -1.86. The van der Waals surface area contributed by atoms with Crippen LogP contribution in [0.1, 0.15) is 5.56 Å². The van der Waals surface area contributed by atoms with Crippen molar-refractivity contribution in [1.82, 2.24) is 0 Å². The van der Waals surface area contributed by atoms with Crippen molar-refractivity contribution >= 4 is 28.5 Å². The predicted octanol–water partition coefficient (Wildman–Crippen LogP) is 2.69. The van der Waals surface area contributed by atoms with Gasteiger partial charge in [0, 0.05) is 10.0 Å². The summed E-state index contributed by atoms with van der Waals surface area (Å²) in [6, 6.07) is 4.72. The SMILES string of the molecule is O=[C]OCC=Cc1ccc(Br)cc1F. The molecule has 0 aliphatic carbocycles. The van der Waals surface area contributed by atoms with Gasteiger partial charge in [0.05, 0.1) is 0 Å². The van der Waals surface area contributed by atoms with E-state index in [0.717, 1.165) is 0 Å². The Morgan fingerprint density at radius 1 is 1.57 bits per heavy atom. The number of rotatable bonds is 4. The highest BCUT2D eigenvalue weighted by molar-refractivity contribution is 9.10. The normalized spacial score (nSPS) is 10.4. The third-order valence-electron chi connectivity index (χ3n) is 1.50. The Morgan fingerprint density at radius 2 is 2.36 bits per heavy atom. The van der Waals surface area contributed by atoms with E-state index in [1.807, 2.05) is 0 Å². The van der Waals surface area contributed by atoms with E-state index in [9.17, 15) is 9.18 Å². The molecule has 0 spiro atoms. The molecule has 1 aromatic rings. The number of benzene rings is 1. The zero-order chi connectivity index (χ0) is 10.4. The Balaban J connectivity index is 2.67.